The largest absolute Gasteiger partial charge is 0.416 e. The van der Waals surface area contributed by atoms with Crippen molar-refractivity contribution in [1.29, 1.82) is 0 Å². The monoisotopic (exact) mass is 557 g/mol. The molecule has 2 aromatic heterocycles. The summed E-state index contributed by atoms with van der Waals surface area (Å²) in [4.78, 5) is 34.1. The molecule has 4 aromatic rings. The predicted octanol–water partition coefficient (Wildman–Crippen LogP) is 6.69. The van der Waals surface area contributed by atoms with E-state index in [0.29, 0.717) is 28.8 Å². The zero-order valence-electron chi connectivity index (χ0n) is 20.9. The molecule has 2 aromatic carbocycles. The third kappa shape index (κ3) is 6.53. The second kappa shape index (κ2) is 11.3. The molecule has 0 unspecified atom stereocenters. The molecule has 0 bridgehead atoms. The van der Waals surface area contributed by atoms with Gasteiger partial charge < -0.3 is 5.32 Å². The Hall–Kier alpha value is -4.54. The Balaban J connectivity index is 1.61. The summed E-state index contributed by atoms with van der Waals surface area (Å²) in [6, 6.07) is 12.9. The number of benzene rings is 2. The smallest absolute Gasteiger partial charge is 0.352 e. The van der Waals surface area contributed by atoms with Gasteiger partial charge in [0.05, 0.1) is 16.7 Å². The lowest BCUT2D eigenvalue weighted by Gasteiger charge is -2.15. The standard InChI is InChI=1S/C29H21F6N3O2/c1-17-4-2-3-5-22(17)23-15-25(26(39)19-7-9-36-10-8-19)38-16-24(23)27(40)37-11-6-18-12-20(28(30,31)32)14-21(13-18)29(33,34)35/h2-5,7-10,12-16H,6,11H2,1H3,(H,37,40). The van der Waals surface area contributed by atoms with E-state index in [1.54, 1.807) is 18.2 Å². The van der Waals surface area contributed by atoms with E-state index in [0.717, 1.165) is 5.56 Å². The van der Waals surface area contributed by atoms with E-state index in [-0.39, 0.29) is 35.9 Å². The van der Waals surface area contributed by atoms with Gasteiger partial charge in [-0.1, -0.05) is 24.3 Å². The zero-order valence-corrected chi connectivity index (χ0v) is 20.9. The van der Waals surface area contributed by atoms with Gasteiger partial charge in [0.1, 0.15) is 5.69 Å². The normalized spacial score (nSPS) is 11.8. The number of pyridine rings is 2. The molecule has 206 valence electrons. The molecule has 1 amide bonds. The highest BCUT2D eigenvalue weighted by Crippen LogP contribution is 2.36. The Labute approximate surface area is 224 Å². The molecule has 0 aliphatic carbocycles. The summed E-state index contributed by atoms with van der Waals surface area (Å²) in [6.45, 7) is 1.57. The highest BCUT2D eigenvalue weighted by atomic mass is 19.4. The molecule has 0 spiro atoms. The third-order valence-corrected chi connectivity index (χ3v) is 6.11. The van der Waals surface area contributed by atoms with Gasteiger partial charge in [-0.2, -0.15) is 26.3 Å². The average molecular weight is 557 g/mol. The van der Waals surface area contributed by atoms with Gasteiger partial charge >= 0.3 is 12.4 Å². The van der Waals surface area contributed by atoms with Crippen LogP contribution in [0, 0.1) is 6.92 Å². The van der Waals surface area contributed by atoms with Crippen LogP contribution in [-0.2, 0) is 18.8 Å². The van der Waals surface area contributed by atoms with Crippen LogP contribution in [-0.4, -0.2) is 28.2 Å². The van der Waals surface area contributed by atoms with Crippen LogP contribution < -0.4 is 5.32 Å². The molecule has 0 aliphatic heterocycles. The van der Waals surface area contributed by atoms with Crippen LogP contribution in [0.3, 0.4) is 0 Å². The molecule has 11 heteroatoms. The maximum atomic E-state index is 13.2. The number of nitrogens with zero attached hydrogens (tertiary/aromatic N) is 2. The first-order valence-electron chi connectivity index (χ1n) is 11.9. The van der Waals surface area contributed by atoms with Crippen LogP contribution in [0.2, 0.25) is 0 Å². The van der Waals surface area contributed by atoms with Crippen LogP contribution in [0.5, 0.6) is 0 Å². The van der Waals surface area contributed by atoms with Gasteiger partial charge in [-0.05, 0) is 72.0 Å². The summed E-state index contributed by atoms with van der Waals surface area (Å²) in [5.41, 5.74) is -0.757. The Bertz CT molecular complexity index is 1520. The molecular formula is C29H21F6N3O2. The van der Waals surface area contributed by atoms with Crippen molar-refractivity contribution in [2.75, 3.05) is 6.54 Å². The second-order valence-electron chi connectivity index (χ2n) is 8.92. The lowest BCUT2D eigenvalue weighted by molar-refractivity contribution is -0.143. The number of amides is 1. The first kappa shape index (κ1) is 28.5. The Morgan fingerprint density at radius 1 is 0.825 bits per heavy atom. The number of hydrogen-bond donors (Lipinski definition) is 1. The van der Waals surface area contributed by atoms with Gasteiger partial charge in [0.15, 0.2) is 0 Å². The predicted molar refractivity (Wildman–Crippen MR) is 135 cm³/mol. The molecule has 0 aliphatic rings. The minimum Gasteiger partial charge on any atom is -0.352 e. The zero-order chi connectivity index (χ0) is 29.1. The summed E-state index contributed by atoms with van der Waals surface area (Å²) in [5, 5.41) is 2.54. The van der Waals surface area contributed by atoms with Crippen LogP contribution in [0.1, 0.15) is 48.7 Å². The highest BCUT2D eigenvalue weighted by molar-refractivity contribution is 6.09. The van der Waals surface area contributed by atoms with E-state index in [9.17, 15) is 35.9 Å². The molecule has 2 heterocycles. The SMILES string of the molecule is Cc1ccccc1-c1cc(C(=O)c2ccncc2)ncc1C(=O)NCCc1cc(C(F)(F)F)cc(C(F)(F)F)c1. The van der Waals surface area contributed by atoms with E-state index in [1.165, 1.54) is 36.8 Å². The second-order valence-corrected chi connectivity index (χ2v) is 8.92. The molecule has 0 saturated heterocycles. The van der Waals surface area contributed by atoms with Gasteiger partial charge in [-0.25, -0.2) is 0 Å². The minimum atomic E-state index is -4.97. The van der Waals surface area contributed by atoms with Gasteiger partial charge in [-0.15, -0.1) is 0 Å². The lowest BCUT2D eigenvalue weighted by Crippen LogP contribution is -2.27. The Morgan fingerprint density at radius 3 is 2.05 bits per heavy atom. The van der Waals surface area contributed by atoms with Crippen molar-refractivity contribution in [1.82, 2.24) is 15.3 Å². The van der Waals surface area contributed by atoms with Crippen LogP contribution in [0.4, 0.5) is 26.3 Å². The Morgan fingerprint density at radius 2 is 1.45 bits per heavy atom. The number of aromatic nitrogens is 2. The van der Waals surface area contributed by atoms with Crippen molar-refractivity contribution in [2.45, 2.75) is 25.7 Å². The number of aryl methyl sites for hydroxylation is 1. The highest BCUT2D eigenvalue weighted by Gasteiger charge is 2.36. The van der Waals surface area contributed by atoms with Crippen molar-refractivity contribution in [2.24, 2.45) is 0 Å². The van der Waals surface area contributed by atoms with Gasteiger partial charge in [0.25, 0.3) is 5.91 Å². The molecule has 1 N–H and O–H groups in total. The average Bonchev–Trinajstić information content (AvgIpc) is 2.92. The van der Waals surface area contributed by atoms with Crippen molar-refractivity contribution < 1.29 is 35.9 Å². The molecule has 0 atom stereocenters. The van der Waals surface area contributed by atoms with Crippen LogP contribution in [0.15, 0.2) is 79.3 Å². The number of carbonyl (C=O) groups is 2. The number of halogens is 6. The first-order chi connectivity index (χ1) is 18.8. The summed E-state index contributed by atoms with van der Waals surface area (Å²) in [6.07, 6.45) is -6.09. The maximum Gasteiger partial charge on any atom is 0.416 e. The molecule has 0 radical (unpaired) electrons. The van der Waals surface area contributed by atoms with E-state index in [2.05, 4.69) is 15.3 Å². The van der Waals surface area contributed by atoms with E-state index < -0.39 is 35.2 Å². The fourth-order valence-electron chi connectivity index (χ4n) is 4.09. The van der Waals surface area contributed by atoms with Crippen LogP contribution in [0.25, 0.3) is 11.1 Å². The van der Waals surface area contributed by atoms with E-state index in [1.807, 2.05) is 13.0 Å². The quantitative estimate of drug-likeness (QED) is 0.203. The molecule has 4 rings (SSSR count). The summed E-state index contributed by atoms with van der Waals surface area (Å²) < 4.78 is 79.0. The number of ketones is 1. The fraction of sp³-hybridized carbons (Fsp3) is 0.172. The number of alkyl halides is 6. The number of rotatable bonds is 7. The molecule has 0 saturated carbocycles. The Kier molecular flexibility index (Phi) is 8.03. The molecule has 40 heavy (non-hydrogen) atoms. The fourth-order valence-corrected chi connectivity index (χ4v) is 4.09. The summed E-state index contributed by atoms with van der Waals surface area (Å²) in [7, 11) is 0. The first-order valence-corrected chi connectivity index (χ1v) is 11.9. The summed E-state index contributed by atoms with van der Waals surface area (Å²) in [5.74, 6) is -1.05. The van der Waals surface area contributed by atoms with Crippen LogP contribution >= 0.6 is 0 Å². The van der Waals surface area contributed by atoms with Crippen molar-refractivity contribution >= 4 is 11.7 Å². The van der Waals surface area contributed by atoms with Crippen molar-refractivity contribution in [3.05, 3.63) is 118 Å². The van der Waals surface area contributed by atoms with Crippen molar-refractivity contribution in [3.63, 3.8) is 0 Å². The maximum absolute atomic E-state index is 13.2. The van der Waals surface area contributed by atoms with Crippen molar-refractivity contribution in [3.8, 4) is 11.1 Å². The number of carbonyl (C=O) groups excluding carboxylic acids is 2. The van der Waals surface area contributed by atoms with Gasteiger partial charge in [0.2, 0.25) is 5.78 Å². The topological polar surface area (TPSA) is 72.0 Å². The number of nitrogens with one attached hydrogen (secondary N) is 1. The minimum absolute atomic E-state index is 0.0526. The summed E-state index contributed by atoms with van der Waals surface area (Å²) >= 11 is 0. The van der Waals surface area contributed by atoms with E-state index in [4.69, 9.17) is 0 Å². The third-order valence-electron chi connectivity index (χ3n) is 6.11. The number of hydrogen-bond acceptors (Lipinski definition) is 4. The van der Waals surface area contributed by atoms with Gasteiger partial charge in [-0.3, -0.25) is 19.6 Å². The van der Waals surface area contributed by atoms with E-state index >= 15 is 0 Å². The molecule has 5 nitrogen and oxygen atoms in total. The molecule has 0 fully saturated rings. The van der Waals surface area contributed by atoms with Gasteiger partial charge in [0, 0.05) is 30.7 Å². The molecular weight excluding hydrogens is 536 g/mol. The lowest BCUT2D eigenvalue weighted by atomic mass is 9.95.